The third kappa shape index (κ3) is 4.78. The molecule has 0 amide bonds. The Morgan fingerprint density at radius 1 is 1.00 bits per heavy atom. The number of imidazole rings is 1. The fraction of sp³-hybridized carbons (Fsp3) is 0.773. The van der Waals surface area contributed by atoms with E-state index in [1.54, 1.807) is 4.57 Å². The molecular weight excluding hydrogens is 428 g/mol. The van der Waals surface area contributed by atoms with E-state index in [-0.39, 0.29) is 6.10 Å². The molecule has 0 radical (unpaired) electrons. The van der Waals surface area contributed by atoms with Gasteiger partial charge in [-0.25, -0.2) is 4.98 Å². The SMILES string of the molecule is OC[C@H]1OC(n2cnc3c(NCC4CCCO4)nc(NCC4CCCCC4)nc32)[C@H](O)[C@@H]1O. The first-order chi connectivity index (χ1) is 16.1. The zero-order valence-corrected chi connectivity index (χ0v) is 18.8. The first-order valence-electron chi connectivity index (χ1n) is 12.1. The van der Waals surface area contributed by atoms with Crippen LogP contribution in [0.25, 0.3) is 11.2 Å². The maximum atomic E-state index is 10.5. The van der Waals surface area contributed by atoms with Gasteiger partial charge in [-0.05, 0) is 31.6 Å². The molecule has 4 heterocycles. The molecule has 0 aromatic carbocycles. The van der Waals surface area contributed by atoms with Crippen molar-refractivity contribution in [3.8, 4) is 0 Å². The number of anilines is 2. The van der Waals surface area contributed by atoms with Crippen molar-refractivity contribution < 1.29 is 24.8 Å². The molecule has 182 valence electrons. The predicted molar refractivity (Wildman–Crippen MR) is 121 cm³/mol. The van der Waals surface area contributed by atoms with Crippen molar-refractivity contribution in [3.05, 3.63) is 6.33 Å². The number of nitrogens with one attached hydrogen (secondary N) is 2. The lowest BCUT2D eigenvalue weighted by molar-refractivity contribution is -0.0511. The Hall–Kier alpha value is -2.05. The normalized spacial score (nSPS) is 30.8. The molecule has 1 aliphatic carbocycles. The van der Waals surface area contributed by atoms with E-state index in [4.69, 9.17) is 14.5 Å². The van der Waals surface area contributed by atoms with Crippen LogP contribution in [0.2, 0.25) is 0 Å². The number of ether oxygens (including phenoxy) is 2. The lowest BCUT2D eigenvalue weighted by atomic mass is 9.89. The van der Waals surface area contributed by atoms with Gasteiger partial charge in [-0.2, -0.15) is 9.97 Å². The summed E-state index contributed by atoms with van der Waals surface area (Å²) in [7, 11) is 0. The van der Waals surface area contributed by atoms with Crippen LogP contribution in [0.15, 0.2) is 6.33 Å². The molecule has 3 aliphatic rings. The summed E-state index contributed by atoms with van der Waals surface area (Å²) in [4.78, 5) is 13.9. The summed E-state index contributed by atoms with van der Waals surface area (Å²) in [5, 5.41) is 36.9. The monoisotopic (exact) mass is 462 g/mol. The molecule has 33 heavy (non-hydrogen) atoms. The minimum atomic E-state index is -1.21. The van der Waals surface area contributed by atoms with Crippen LogP contribution in [-0.2, 0) is 9.47 Å². The van der Waals surface area contributed by atoms with Gasteiger partial charge < -0.3 is 35.4 Å². The van der Waals surface area contributed by atoms with Gasteiger partial charge in [0.1, 0.15) is 18.3 Å². The second-order valence-corrected chi connectivity index (χ2v) is 9.35. The molecule has 2 unspecified atom stereocenters. The van der Waals surface area contributed by atoms with Gasteiger partial charge in [-0.1, -0.05) is 19.3 Å². The number of aliphatic hydroxyl groups excluding tert-OH is 3. The smallest absolute Gasteiger partial charge is 0.226 e. The van der Waals surface area contributed by atoms with Crippen molar-refractivity contribution >= 4 is 22.9 Å². The first kappa shape index (κ1) is 22.7. The summed E-state index contributed by atoms with van der Waals surface area (Å²) < 4.78 is 13.0. The molecule has 5 atom stereocenters. The van der Waals surface area contributed by atoms with Crippen LogP contribution in [0.1, 0.15) is 51.2 Å². The molecule has 0 bridgehead atoms. The summed E-state index contributed by atoms with van der Waals surface area (Å²) >= 11 is 0. The summed E-state index contributed by atoms with van der Waals surface area (Å²) in [5.74, 6) is 1.68. The number of aliphatic hydroxyl groups is 3. The van der Waals surface area contributed by atoms with E-state index >= 15 is 0 Å². The molecule has 2 aromatic rings. The van der Waals surface area contributed by atoms with Crippen molar-refractivity contribution in [2.24, 2.45) is 5.92 Å². The quantitative estimate of drug-likeness (QED) is 0.385. The van der Waals surface area contributed by atoms with E-state index in [1.807, 2.05) is 0 Å². The maximum Gasteiger partial charge on any atom is 0.226 e. The standard InChI is InChI=1S/C22H34N6O5/c29-11-15-17(30)18(31)21(33-15)28-12-25-16-19(23-10-14-7-4-8-32-14)26-22(27-20(16)28)24-9-13-5-2-1-3-6-13/h12-15,17-18,21,29-31H,1-11H2,(H2,23,24,26,27)/t14?,15-,17-,18-,21?/m1/s1. The fourth-order valence-electron chi connectivity index (χ4n) is 5.06. The van der Waals surface area contributed by atoms with Gasteiger partial charge in [0.15, 0.2) is 23.2 Å². The minimum absolute atomic E-state index is 0.135. The Kier molecular flexibility index (Phi) is 6.93. The number of aromatic nitrogens is 4. The molecule has 2 aromatic heterocycles. The van der Waals surface area contributed by atoms with Gasteiger partial charge >= 0.3 is 0 Å². The minimum Gasteiger partial charge on any atom is -0.394 e. The van der Waals surface area contributed by atoms with Gasteiger partial charge in [0, 0.05) is 19.7 Å². The molecule has 11 heteroatoms. The summed E-state index contributed by atoms with van der Waals surface area (Å²) in [5.41, 5.74) is 1.04. The zero-order chi connectivity index (χ0) is 22.8. The van der Waals surface area contributed by atoms with Crippen molar-refractivity contribution in [1.29, 1.82) is 0 Å². The Morgan fingerprint density at radius 2 is 1.85 bits per heavy atom. The Balaban J connectivity index is 1.42. The average molecular weight is 463 g/mol. The highest BCUT2D eigenvalue weighted by atomic mass is 16.6. The molecular formula is C22H34N6O5. The van der Waals surface area contributed by atoms with Crippen LogP contribution >= 0.6 is 0 Å². The summed E-state index contributed by atoms with van der Waals surface area (Å²) in [6.45, 7) is 1.81. The molecule has 5 N–H and O–H groups in total. The van der Waals surface area contributed by atoms with Crippen molar-refractivity contribution in [2.75, 3.05) is 36.9 Å². The number of hydrogen-bond acceptors (Lipinski definition) is 10. The van der Waals surface area contributed by atoms with E-state index in [1.165, 1.54) is 38.4 Å². The first-order valence-corrected chi connectivity index (χ1v) is 12.1. The van der Waals surface area contributed by atoms with Gasteiger partial charge in [0.05, 0.1) is 19.0 Å². The molecule has 2 saturated heterocycles. The Labute approximate surface area is 192 Å². The molecule has 3 fully saturated rings. The van der Waals surface area contributed by atoms with Crippen LogP contribution in [0.4, 0.5) is 11.8 Å². The van der Waals surface area contributed by atoms with E-state index in [2.05, 4.69) is 20.6 Å². The molecule has 2 aliphatic heterocycles. The van der Waals surface area contributed by atoms with E-state index in [0.29, 0.717) is 35.4 Å². The van der Waals surface area contributed by atoms with Crippen LogP contribution < -0.4 is 10.6 Å². The van der Waals surface area contributed by atoms with Crippen molar-refractivity contribution in [1.82, 2.24) is 19.5 Å². The fourth-order valence-corrected chi connectivity index (χ4v) is 5.06. The third-order valence-corrected chi connectivity index (χ3v) is 7.01. The molecule has 1 saturated carbocycles. The topological polar surface area (TPSA) is 147 Å². The van der Waals surface area contributed by atoms with Crippen LogP contribution in [0.5, 0.6) is 0 Å². The van der Waals surface area contributed by atoms with Crippen LogP contribution in [0.3, 0.4) is 0 Å². The van der Waals surface area contributed by atoms with Crippen LogP contribution in [-0.4, -0.2) is 85.6 Å². The van der Waals surface area contributed by atoms with E-state index < -0.39 is 31.1 Å². The highest BCUT2D eigenvalue weighted by molar-refractivity contribution is 5.84. The van der Waals surface area contributed by atoms with Gasteiger partial charge in [0.2, 0.25) is 5.95 Å². The van der Waals surface area contributed by atoms with Crippen molar-refractivity contribution in [3.63, 3.8) is 0 Å². The highest BCUT2D eigenvalue weighted by Gasteiger charge is 2.44. The maximum absolute atomic E-state index is 10.5. The Bertz CT molecular complexity index is 929. The highest BCUT2D eigenvalue weighted by Crippen LogP contribution is 2.33. The largest absolute Gasteiger partial charge is 0.394 e. The number of nitrogens with zero attached hydrogens (tertiary/aromatic N) is 4. The van der Waals surface area contributed by atoms with Gasteiger partial charge in [-0.15, -0.1) is 0 Å². The lowest BCUT2D eigenvalue weighted by Gasteiger charge is -2.22. The number of hydrogen-bond donors (Lipinski definition) is 5. The second kappa shape index (κ2) is 10.1. The average Bonchev–Trinajstić information content (AvgIpc) is 3.57. The second-order valence-electron chi connectivity index (χ2n) is 9.35. The number of fused-ring (bicyclic) bond motifs is 1. The molecule has 5 rings (SSSR count). The number of rotatable bonds is 8. The van der Waals surface area contributed by atoms with Gasteiger partial charge in [-0.3, -0.25) is 4.57 Å². The Morgan fingerprint density at radius 3 is 2.58 bits per heavy atom. The lowest BCUT2D eigenvalue weighted by Crippen LogP contribution is -2.33. The summed E-state index contributed by atoms with van der Waals surface area (Å²) in [6.07, 6.45) is 5.79. The third-order valence-electron chi connectivity index (χ3n) is 7.01. The van der Waals surface area contributed by atoms with Gasteiger partial charge in [0.25, 0.3) is 0 Å². The van der Waals surface area contributed by atoms with E-state index in [0.717, 1.165) is 26.0 Å². The predicted octanol–water partition coefficient (Wildman–Crippen LogP) is 1.02. The van der Waals surface area contributed by atoms with Crippen molar-refractivity contribution in [2.45, 2.75) is 75.6 Å². The van der Waals surface area contributed by atoms with E-state index in [9.17, 15) is 15.3 Å². The molecule has 0 spiro atoms. The zero-order valence-electron chi connectivity index (χ0n) is 18.8. The molecule has 11 nitrogen and oxygen atoms in total. The summed E-state index contributed by atoms with van der Waals surface area (Å²) in [6, 6.07) is 0. The van der Waals surface area contributed by atoms with Crippen LogP contribution in [0, 0.1) is 5.92 Å².